The Labute approximate surface area is 148 Å². The predicted molar refractivity (Wildman–Crippen MR) is 105 cm³/mol. The van der Waals surface area contributed by atoms with Crippen molar-refractivity contribution in [1.82, 2.24) is 15.2 Å². The lowest BCUT2D eigenvalue weighted by atomic mass is 10.2. The van der Waals surface area contributed by atoms with E-state index in [1.807, 2.05) is 6.07 Å². The molecule has 3 aromatic heterocycles. The van der Waals surface area contributed by atoms with Gasteiger partial charge in [-0.2, -0.15) is 10.2 Å². The average molecular weight is 354 g/mol. The van der Waals surface area contributed by atoms with E-state index in [2.05, 4.69) is 32.0 Å². The van der Waals surface area contributed by atoms with E-state index in [-0.39, 0.29) is 0 Å². The third-order valence-electron chi connectivity index (χ3n) is 3.55. The summed E-state index contributed by atoms with van der Waals surface area (Å²) in [6.07, 6.45) is 4.89. The molecule has 0 bridgehead atoms. The molecule has 25 heavy (non-hydrogen) atoms. The fourth-order valence-corrected chi connectivity index (χ4v) is 3.35. The van der Waals surface area contributed by atoms with Gasteiger partial charge in [0, 0.05) is 36.6 Å². The number of rotatable bonds is 6. The maximum Gasteiger partial charge on any atom is 0.173 e. The van der Waals surface area contributed by atoms with E-state index < -0.39 is 0 Å². The van der Waals surface area contributed by atoms with Gasteiger partial charge >= 0.3 is 0 Å². The van der Waals surface area contributed by atoms with E-state index in [4.69, 9.17) is 11.5 Å². The molecule has 0 unspecified atom stereocenters. The largest absolute Gasteiger partial charge is 0.404 e. The second kappa shape index (κ2) is 7.14. The molecule has 0 fully saturated rings. The first-order valence-electron chi connectivity index (χ1n) is 7.43. The van der Waals surface area contributed by atoms with Crippen LogP contribution in [0.1, 0.15) is 10.6 Å². The number of nitrogens with two attached hydrogens (primary N) is 2. The van der Waals surface area contributed by atoms with Crippen molar-refractivity contribution in [3.8, 4) is 0 Å². The van der Waals surface area contributed by atoms with E-state index in [0.29, 0.717) is 29.3 Å². The molecular formula is C16H18N8S. The summed E-state index contributed by atoms with van der Waals surface area (Å²) in [5.41, 5.74) is 14.6. The van der Waals surface area contributed by atoms with Crippen molar-refractivity contribution in [2.45, 2.75) is 6.54 Å². The maximum atomic E-state index is 6.10. The zero-order chi connectivity index (χ0) is 17.8. The first-order chi connectivity index (χ1) is 12.2. The van der Waals surface area contributed by atoms with E-state index in [0.717, 1.165) is 15.1 Å². The highest BCUT2D eigenvalue weighted by Crippen LogP contribution is 2.29. The molecule has 3 heterocycles. The Hall–Kier alpha value is -3.20. The molecule has 0 aliphatic heterocycles. The van der Waals surface area contributed by atoms with Gasteiger partial charge in [-0.1, -0.05) is 0 Å². The SMILES string of the molecule is C=NN(Cc1cc2[nH]ncc2s1)c1nc(C(C=NC)=CN)ccc1N. The van der Waals surface area contributed by atoms with E-state index >= 15 is 0 Å². The van der Waals surface area contributed by atoms with Crippen molar-refractivity contribution in [2.24, 2.45) is 15.8 Å². The highest BCUT2D eigenvalue weighted by atomic mass is 32.1. The summed E-state index contributed by atoms with van der Waals surface area (Å²) in [7, 11) is 1.67. The van der Waals surface area contributed by atoms with Crippen molar-refractivity contribution in [1.29, 1.82) is 0 Å². The summed E-state index contributed by atoms with van der Waals surface area (Å²) in [6.45, 7) is 4.15. The first-order valence-corrected chi connectivity index (χ1v) is 8.24. The molecule has 0 aromatic carbocycles. The number of thiophene rings is 1. The number of nitrogens with zero attached hydrogens (tertiary/aromatic N) is 5. The van der Waals surface area contributed by atoms with Gasteiger partial charge in [-0.25, -0.2) is 9.99 Å². The Balaban J connectivity index is 1.94. The molecule has 5 N–H and O–H groups in total. The summed E-state index contributed by atoms with van der Waals surface area (Å²) < 4.78 is 1.08. The lowest BCUT2D eigenvalue weighted by Crippen LogP contribution is -2.18. The quantitative estimate of drug-likeness (QED) is 0.463. The van der Waals surface area contributed by atoms with Crippen LogP contribution in [0.2, 0.25) is 0 Å². The number of allylic oxidation sites excluding steroid dienone is 1. The number of aromatic nitrogens is 3. The number of pyridine rings is 1. The monoisotopic (exact) mass is 354 g/mol. The minimum absolute atomic E-state index is 0.501. The zero-order valence-corrected chi connectivity index (χ0v) is 14.5. The van der Waals surface area contributed by atoms with Gasteiger partial charge in [-0.15, -0.1) is 11.3 Å². The molecule has 0 saturated heterocycles. The number of fused-ring (bicyclic) bond motifs is 1. The molecule has 128 valence electrons. The van der Waals surface area contributed by atoms with Gasteiger partial charge < -0.3 is 11.5 Å². The van der Waals surface area contributed by atoms with Gasteiger partial charge in [0.25, 0.3) is 0 Å². The number of H-pyrrole nitrogens is 1. The lowest BCUT2D eigenvalue weighted by Gasteiger charge is -2.19. The van der Waals surface area contributed by atoms with Crippen molar-refractivity contribution >= 4 is 51.6 Å². The molecule has 0 amide bonds. The molecule has 3 rings (SSSR count). The van der Waals surface area contributed by atoms with E-state index in [9.17, 15) is 0 Å². The van der Waals surface area contributed by atoms with Crippen LogP contribution >= 0.6 is 11.3 Å². The predicted octanol–water partition coefficient (Wildman–Crippen LogP) is 2.22. The van der Waals surface area contributed by atoms with Crippen LogP contribution in [0, 0.1) is 0 Å². The van der Waals surface area contributed by atoms with Crippen LogP contribution in [0.5, 0.6) is 0 Å². The van der Waals surface area contributed by atoms with Crippen molar-refractivity contribution in [2.75, 3.05) is 17.8 Å². The molecule has 0 radical (unpaired) electrons. The Kier molecular flexibility index (Phi) is 4.75. The number of hydrogen-bond acceptors (Lipinski definition) is 8. The topological polar surface area (TPSA) is 122 Å². The Morgan fingerprint density at radius 2 is 2.32 bits per heavy atom. The number of nitrogen functional groups attached to an aromatic ring is 1. The molecule has 3 aromatic rings. The molecule has 0 aliphatic carbocycles. The van der Waals surface area contributed by atoms with Crippen LogP contribution in [0.15, 0.2) is 40.7 Å². The Morgan fingerprint density at radius 3 is 3.00 bits per heavy atom. The number of aliphatic imine (C=N–C) groups is 1. The fourth-order valence-electron chi connectivity index (χ4n) is 2.38. The standard InChI is InChI=1S/C16H18N8S/c1-19-7-10(6-17)13-4-3-12(18)16(22-13)24(20-2)9-11-5-14-15(25-11)8-21-23-14/h3-8H,2,9,17-18H2,1H3,(H,21,23). The Bertz CT molecular complexity index is 924. The van der Waals surface area contributed by atoms with Gasteiger partial charge in [-0.05, 0) is 18.2 Å². The smallest absolute Gasteiger partial charge is 0.173 e. The second-order valence-corrected chi connectivity index (χ2v) is 6.35. The average Bonchev–Trinajstić information content (AvgIpc) is 3.20. The minimum atomic E-state index is 0.501. The molecule has 8 nitrogen and oxygen atoms in total. The maximum absolute atomic E-state index is 6.10. The molecule has 0 saturated carbocycles. The first kappa shape index (κ1) is 16.7. The van der Waals surface area contributed by atoms with Gasteiger partial charge in [0.05, 0.1) is 34.3 Å². The van der Waals surface area contributed by atoms with Crippen LogP contribution in [0.4, 0.5) is 11.5 Å². The van der Waals surface area contributed by atoms with Crippen LogP contribution in [0.25, 0.3) is 15.8 Å². The van der Waals surface area contributed by atoms with Gasteiger partial charge in [0.2, 0.25) is 0 Å². The van der Waals surface area contributed by atoms with Gasteiger partial charge in [0.15, 0.2) is 5.82 Å². The summed E-state index contributed by atoms with van der Waals surface area (Å²) in [6, 6.07) is 5.59. The minimum Gasteiger partial charge on any atom is -0.404 e. The lowest BCUT2D eigenvalue weighted by molar-refractivity contribution is 0.852. The van der Waals surface area contributed by atoms with Crippen LogP contribution in [-0.4, -0.2) is 35.2 Å². The third-order valence-corrected chi connectivity index (χ3v) is 4.60. The van der Waals surface area contributed by atoms with E-state index in [1.165, 1.54) is 6.20 Å². The Morgan fingerprint density at radius 1 is 1.48 bits per heavy atom. The van der Waals surface area contributed by atoms with E-state index in [1.54, 1.807) is 47.9 Å². The molecule has 0 atom stereocenters. The number of anilines is 2. The fraction of sp³-hybridized carbons (Fsp3) is 0.125. The summed E-state index contributed by atoms with van der Waals surface area (Å²) in [5, 5.41) is 12.7. The number of hydrazone groups is 1. The third kappa shape index (κ3) is 3.36. The zero-order valence-electron chi connectivity index (χ0n) is 13.7. The number of hydrogen-bond donors (Lipinski definition) is 3. The van der Waals surface area contributed by atoms with Crippen LogP contribution in [-0.2, 0) is 6.54 Å². The highest BCUT2D eigenvalue weighted by molar-refractivity contribution is 7.19. The molecular weight excluding hydrogens is 336 g/mol. The highest BCUT2D eigenvalue weighted by Gasteiger charge is 2.15. The normalized spacial score (nSPS) is 12.1. The molecule has 0 aliphatic rings. The van der Waals surface area contributed by atoms with Crippen molar-refractivity contribution in [3.63, 3.8) is 0 Å². The summed E-state index contributed by atoms with van der Waals surface area (Å²) in [5.74, 6) is 0.520. The van der Waals surface area contributed by atoms with Crippen molar-refractivity contribution in [3.05, 3.63) is 41.2 Å². The second-order valence-electron chi connectivity index (χ2n) is 5.18. The number of aromatic amines is 1. The van der Waals surface area contributed by atoms with Gasteiger partial charge in [0.1, 0.15) is 0 Å². The van der Waals surface area contributed by atoms with Crippen LogP contribution in [0.3, 0.4) is 0 Å². The van der Waals surface area contributed by atoms with Crippen molar-refractivity contribution < 1.29 is 0 Å². The van der Waals surface area contributed by atoms with Gasteiger partial charge in [-0.3, -0.25) is 10.1 Å². The summed E-state index contributed by atoms with van der Waals surface area (Å²) in [4.78, 5) is 9.66. The number of nitrogens with one attached hydrogen (secondary N) is 1. The molecule has 0 spiro atoms. The molecule has 9 heteroatoms. The van der Waals surface area contributed by atoms with Crippen LogP contribution < -0.4 is 16.5 Å². The summed E-state index contributed by atoms with van der Waals surface area (Å²) >= 11 is 1.63.